The van der Waals surface area contributed by atoms with Crippen LogP contribution in [0.1, 0.15) is 31.0 Å². The van der Waals surface area contributed by atoms with E-state index in [-0.39, 0.29) is 29.9 Å². The normalized spacial score (nSPS) is 18.2. The van der Waals surface area contributed by atoms with E-state index < -0.39 is 27.8 Å². The van der Waals surface area contributed by atoms with Gasteiger partial charge in [0.1, 0.15) is 0 Å². The molecule has 1 fully saturated rings. The average molecular weight is 470 g/mol. The number of benzene rings is 2. The Morgan fingerprint density at radius 1 is 0.938 bits per heavy atom. The van der Waals surface area contributed by atoms with E-state index in [1.54, 1.807) is 6.92 Å². The number of hydrogen-bond acceptors (Lipinski definition) is 4. The highest BCUT2D eigenvalue weighted by Gasteiger charge is 2.34. The molecule has 0 spiro atoms. The lowest BCUT2D eigenvalue weighted by Crippen LogP contribution is -2.55. The van der Waals surface area contributed by atoms with Gasteiger partial charge in [-0.15, -0.1) is 0 Å². The molecule has 0 unspecified atom stereocenters. The highest BCUT2D eigenvalue weighted by atomic mass is 32.2. The van der Waals surface area contributed by atoms with Crippen molar-refractivity contribution in [3.63, 3.8) is 0 Å². The van der Waals surface area contributed by atoms with Crippen LogP contribution in [0.5, 0.6) is 0 Å². The van der Waals surface area contributed by atoms with Crippen LogP contribution in [0.2, 0.25) is 0 Å². The highest BCUT2D eigenvalue weighted by Crippen LogP contribution is 2.30. The van der Waals surface area contributed by atoms with E-state index in [0.29, 0.717) is 13.1 Å². The standard InChI is InChI=1S/C22H26F3N3O3S/c1-16(18-6-4-3-5-7-18)26-21(29)17(2)27-12-14-28(15-13-27)32(30,31)20-10-8-19(9-11-20)22(23,24)25/h3-11,16-17H,12-15H2,1-2H3,(H,26,29)/t16-,17+/m1/s1. The summed E-state index contributed by atoms with van der Waals surface area (Å²) in [7, 11) is -3.91. The lowest BCUT2D eigenvalue weighted by Gasteiger charge is -2.37. The van der Waals surface area contributed by atoms with Crippen molar-refractivity contribution < 1.29 is 26.4 Å². The number of nitrogens with one attached hydrogen (secondary N) is 1. The molecule has 1 N–H and O–H groups in total. The number of amides is 1. The van der Waals surface area contributed by atoms with E-state index in [1.165, 1.54) is 4.31 Å². The predicted molar refractivity (Wildman–Crippen MR) is 114 cm³/mol. The molecule has 1 heterocycles. The molecule has 0 radical (unpaired) electrons. The molecule has 2 aromatic carbocycles. The largest absolute Gasteiger partial charge is 0.416 e. The number of halogens is 3. The van der Waals surface area contributed by atoms with Crippen LogP contribution in [0.15, 0.2) is 59.5 Å². The first-order valence-electron chi connectivity index (χ1n) is 10.3. The van der Waals surface area contributed by atoms with Crippen molar-refractivity contribution >= 4 is 15.9 Å². The molecule has 0 saturated carbocycles. The van der Waals surface area contributed by atoms with E-state index >= 15 is 0 Å². The Labute approximate surface area is 186 Å². The Morgan fingerprint density at radius 2 is 1.50 bits per heavy atom. The summed E-state index contributed by atoms with van der Waals surface area (Å²) in [6.07, 6.45) is -4.53. The third kappa shape index (κ3) is 5.48. The Bertz CT molecular complexity index is 1020. The third-order valence-corrected chi connectivity index (χ3v) is 7.59. The van der Waals surface area contributed by atoms with Crippen LogP contribution < -0.4 is 5.32 Å². The van der Waals surface area contributed by atoms with Gasteiger partial charge in [-0.1, -0.05) is 30.3 Å². The first kappa shape index (κ1) is 24.2. The van der Waals surface area contributed by atoms with Crippen molar-refractivity contribution in [2.75, 3.05) is 26.2 Å². The molecule has 1 aliphatic rings. The number of hydrogen-bond donors (Lipinski definition) is 1. The van der Waals surface area contributed by atoms with E-state index in [0.717, 1.165) is 29.8 Å². The summed E-state index contributed by atoms with van der Waals surface area (Å²) in [6.45, 7) is 4.65. The van der Waals surface area contributed by atoms with Crippen molar-refractivity contribution in [2.45, 2.75) is 37.0 Å². The fraction of sp³-hybridized carbons (Fsp3) is 0.409. The molecule has 32 heavy (non-hydrogen) atoms. The maximum Gasteiger partial charge on any atom is 0.416 e. The van der Waals surface area contributed by atoms with Gasteiger partial charge in [-0.3, -0.25) is 9.69 Å². The van der Waals surface area contributed by atoms with Gasteiger partial charge in [-0.05, 0) is 43.7 Å². The Morgan fingerprint density at radius 3 is 2.03 bits per heavy atom. The maximum atomic E-state index is 12.8. The highest BCUT2D eigenvalue weighted by molar-refractivity contribution is 7.89. The molecule has 0 aliphatic carbocycles. The van der Waals surface area contributed by atoms with Gasteiger partial charge in [-0.25, -0.2) is 8.42 Å². The Kier molecular flexibility index (Phi) is 7.26. The van der Waals surface area contributed by atoms with Gasteiger partial charge < -0.3 is 5.32 Å². The lowest BCUT2D eigenvalue weighted by molar-refractivity contribution is -0.137. The molecule has 2 atom stereocenters. The van der Waals surface area contributed by atoms with Crippen LogP contribution >= 0.6 is 0 Å². The van der Waals surface area contributed by atoms with E-state index in [9.17, 15) is 26.4 Å². The van der Waals surface area contributed by atoms with Crippen molar-refractivity contribution in [3.05, 3.63) is 65.7 Å². The smallest absolute Gasteiger partial charge is 0.348 e. The van der Waals surface area contributed by atoms with Gasteiger partial charge in [0.25, 0.3) is 0 Å². The maximum absolute atomic E-state index is 12.8. The molecule has 1 amide bonds. The van der Waals surface area contributed by atoms with Gasteiger partial charge in [0.15, 0.2) is 0 Å². The quantitative estimate of drug-likeness (QED) is 0.705. The average Bonchev–Trinajstić information content (AvgIpc) is 2.78. The van der Waals surface area contributed by atoms with Gasteiger partial charge in [0.05, 0.1) is 22.5 Å². The van der Waals surface area contributed by atoms with Crippen LogP contribution in [-0.2, 0) is 21.0 Å². The second-order valence-electron chi connectivity index (χ2n) is 7.78. The molecule has 1 saturated heterocycles. The summed E-state index contributed by atoms with van der Waals surface area (Å²) in [5.74, 6) is -0.152. The molecule has 1 aliphatic heterocycles. The number of rotatable bonds is 6. The van der Waals surface area contributed by atoms with Gasteiger partial charge >= 0.3 is 6.18 Å². The minimum absolute atomic E-state index is 0.148. The molecular formula is C22H26F3N3O3S. The summed E-state index contributed by atoms with van der Waals surface area (Å²) in [4.78, 5) is 14.4. The van der Waals surface area contributed by atoms with Gasteiger partial charge in [-0.2, -0.15) is 17.5 Å². The van der Waals surface area contributed by atoms with Crippen LogP contribution in [0.3, 0.4) is 0 Å². The topological polar surface area (TPSA) is 69.7 Å². The van der Waals surface area contributed by atoms with E-state index in [2.05, 4.69) is 5.32 Å². The van der Waals surface area contributed by atoms with E-state index in [1.807, 2.05) is 42.2 Å². The van der Waals surface area contributed by atoms with Crippen LogP contribution in [0.4, 0.5) is 13.2 Å². The Hall–Kier alpha value is -2.43. The van der Waals surface area contributed by atoms with Crippen LogP contribution in [0.25, 0.3) is 0 Å². The lowest BCUT2D eigenvalue weighted by atomic mass is 10.1. The van der Waals surface area contributed by atoms with Crippen molar-refractivity contribution in [1.29, 1.82) is 0 Å². The fourth-order valence-corrected chi connectivity index (χ4v) is 5.04. The number of sulfonamides is 1. The molecule has 3 rings (SSSR count). The summed E-state index contributed by atoms with van der Waals surface area (Å²) in [5.41, 5.74) is 0.0892. The Balaban J connectivity index is 1.58. The molecule has 0 bridgehead atoms. The minimum Gasteiger partial charge on any atom is -0.348 e. The van der Waals surface area contributed by atoms with E-state index in [4.69, 9.17) is 0 Å². The first-order chi connectivity index (χ1) is 15.0. The monoisotopic (exact) mass is 469 g/mol. The molecule has 10 heteroatoms. The first-order valence-corrected chi connectivity index (χ1v) is 11.7. The fourth-order valence-electron chi connectivity index (χ4n) is 3.62. The predicted octanol–water partition coefficient (Wildman–Crippen LogP) is 3.28. The number of nitrogens with zero attached hydrogens (tertiary/aromatic N) is 2. The zero-order valence-electron chi connectivity index (χ0n) is 17.8. The van der Waals surface area contributed by atoms with Crippen LogP contribution in [-0.4, -0.2) is 55.8 Å². The molecule has 2 aromatic rings. The van der Waals surface area contributed by atoms with Crippen molar-refractivity contribution in [3.8, 4) is 0 Å². The second-order valence-corrected chi connectivity index (χ2v) is 9.72. The number of piperazine rings is 1. The summed E-state index contributed by atoms with van der Waals surface area (Å²) < 4.78 is 65.1. The van der Waals surface area contributed by atoms with Crippen molar-refractivity contribution in [1.82, 2.24) is 14.5 Å². The molecule has 0 aromatic heterocycles. The third-order valence-electron chi connectivity index (χ3n) is 5.68. The number of alkyl halides is 3. The SMILES string of the molecule is C[C@@H](NC(=O)[C@H](C)N1CCN(S(=O)(=O)c2ccc(C(F)(F)F)cc2)CC1)c1ccccc1. The van der Waals surface area contributed by atoms with Gasteiger partial charge in [0, 0.05) is 26.2 Å². The number of carbonyl (C=O) groups is 1. The molecular weight excluding hydrogens is 443 g/mol. The molecule has 174 valence electrons. The summed E-state index contributed by atoms with van der Waals surface area (Å²) in [6, 6.07) is 12.4. The summed E-state index contributed by atoms with van der Waals surface area (Å²) in [5, 5.41) is 2.97. The number of carbonyl (C=O) groups excluding carboxylic acids is 1. The minimum atomic E-state index is -4.53. The zero-order chi connectivity index (χ0) is 23.5. The zero-order valence-corrected chi connectivity index (χ0v) is 18.7. The molecule has 6 nitrogen and oxygen atoms in total. The van der Waals surface area contributed by atoms with Crippen molar-refractivity contribution in [2.24, 2.45) is 0 Å². The summed E-state index contributed by atoms with van der Waals surface area (Å²) >= 11 is 0. The van der Waals surface area contributed by atoms with Gasteiger partial charge in [0.2, 0.25) is 15.9 Å². The van der Waals surface area contributed by atoms with Crippen LogP contribution in [0, 0.1) is 0 Å². The second kappa shape index (κ2) is 9.60.